The van der Waals surface area contributed by atoms with E-state index in [1.165, 1.54) is 16.6 Å². The van der Waals surface area contributed by atoms with E-state index in [-0.39, 0.29) is 17.3 Å². The van der Waals surface area contributed by atoms with E-state index in [0.29, 0.717) is 28.5 Å². The average Bonchev–Trinajstić information content (AvgIpc) is 3.16. The molecule has 1 aliphatic heterocycles. The lowest BCUT2D eigenvalue weighted by Gasteiger charge is -2.21. The summed E-state index contributed by atoms with van der Waals surface area (Å²) in [6.07, 6.45) is -4.11. The van der Waals surface area contributed by atoms with Crippen molar-refractivity contribution in [2.45, 2.75) is 40.3 Å². The molecule has 3 rings (SSSR count). The molecule has 2 N–H and O–H groups in total. The fourth-order valence-corrected chi connectivity index (χ4v) is 3.51. The standard InChI is InChI=1S/C21H22ClF3N4O/c1-6-11(2)18(29-13(4)10-17(27-29)21(23,24)25)20-28(26)19(14(5)30-20)16-8-7-15(22)9-12(16)3/h7-10H,2,6,26H2,1,3-5H3/b20-18-. The Bertz CT molecular complexity index is 1080. The number of hydrazine groups is 1. The van der Waals surface area contributed by atoms with Crippen LogP contribution in [0.1, 0.15) is 42.8 Å². The van der Waals surface area contributed by atoms with Gasteiger partial charge in [-0.15, -0.1) is 0 Å². The predicted molar refractivity (Wildman–Crippen MR) is 111 cm³/mol. The Morgan fingerprint density at radius 2 is 1.90 bits per heavy atom. The number of halogens is 4. The van der Waals surface area contributed by atoms with Gasteiger partial charge in [-0.1, -0.05) is 31.2 Å². The molecule has 2 heterocycles. The molecule has 0 unspecified atom stereocenters. The Morgan fingerprint density at radius 1 is 1.23 bits per heavy atom. The van der Waals surface area contributed by atoms with Gasteiger partial charge in [0.25, 0.3) is 0 Å². The fourth-order valence-electron chi connectivity index (χ4n) is 3.29. The van der Waals surface area contributed by atoms with E-state index in [2.05, 4.69) is 11.7 Å². The minimum atomic E-state index is -4.57. The van der Waals surface area contributed by atoms with E-state index >= 15 is 0 Å². The van der Waals surface area contributed by atoms with Crippen LogP contribution in [0.5, 0.6) is 0 Å². The summed E-state index contributed by atoms with van der Waals surface area (Å²) in [5, 5.41) is 5.65. The smallest absolute Gasteiger partial charge is 0.435 e. The van der Waals surface area contributed by atoms with E-state index in [1.807, 2.05) is 19.9 Å². The molecule has 0 saturated carbocycles. The Hall–Kier alpha value is -2.71. The number of hydrogen-bond acceptors (Lipinski definition) is 4. The molecule has 1 aromatic carbocycles. The third kappa shape index (κ3) is 3.85. The topological polar surface area (TPSA) is 56.3 Å². The summed E-state index contributed by atoms with van der Waals surface area (Å²) in [5.74, 6) is 7.04. The van der Waals surface area contributed by atoms with Crippen molar-refractivity contribution in [2.75, 3.05) is 0 Å². The number of rotatable bonds is 4. The molecule has 1 aliphatic rings. The first kappa shape index (κ1) is 22.0. The zero-order valence-electron chi connectivity index (χ0n) is 17.1. The molecule has 2 aromatic rings. The van der Waals surface area contributed by atoms with Crippen molar-refractivity contribution in [1.29, 1.82) is 0 Å². The second-order valence-electron chi connectivity index (χ2n) is 7.03. The predicted octanol–water partition coefficient (Wildman–Crippen LogP) is 5.86. The fraction of sp³-hybridized carbons (Fsp3) is 0.286. The number of hydrogen-bond donors (Lipinski definition) is 1. The van der Waals surface area contributed by atoms with Gasteiger partial charge in [-0.2, -0.15) is 18.3 Å². The lowest BCUT2D eigenvalue weighted by molar-refractivity contribution is -0.141. The molecule has 0 amide bonds. The third-order valence-electron chi connectivity index (χ3n) is 4.84. The maximum Gasteiger partial charge on any atom is 0.435 e. The highest BCUT2D eigenvalue weighted by molar-refractivity contribution is 6.30. The minimum Gasteiger partial charge on any atom is -0.440 e. The molecule has 0 radical (unpaired) electrons. The molecule has 1 aromatic heterocycles. The van der Waals surface area contributed by atoms with E-state index in [9.17, 15) is 13.2 Å². The maximum absolute atomic E-state index is 13.2. The van der Waals surface area contributed by atoms with E-state index in [1.54, 1.807) is 19.1 Å². The normalized spacial score (nSPS) is 16.2. The molecule has 0 aliphatic carbocycles. The number of nitrogens with two attached hydrogens (primary N) is 1. The van der Waals surface area contributed by atoms with Gasteiger partial charge in [0, 0.05) is 16.3 Å². The molecule has 160 valence electrons. The molecule has 9 heteroatoms. The first-order valence-corrected chi connectivity index (χ1v) is 9.60. The summed E-state index contributed by atoms with van der Waals surface area (Å²) < 4.78 is 46.7. The quantitative estimate of drug-likeness (QED) is 0.607. The number of aryl methyl sites for hydroxylation is 2. The number of benzene rings is 1. The second-order valence-corrected chi connectivity index (χ2v) is 7.46. The molecule has 0 spiro atoms. The van der Waals surface area contributed by atoms with Crippen molar-refractivity contribution in [3.8, 4) is 0 Å². The number of allylic oxidation sites excluding steroid dienone is 3. The van der Waals surface area contributed by atoms with Crippen molar-refractivity contribution < 1.29 is 17.9 Å². The minimum absolute atomic E-state index is 0.156. The van der Waals surface area contributed by atoms with Gasteiger partial charge in [0.15, 0.2) is 5.69 Å². The zero-order valence-corrected chi connectivity index (χ0v) is 17.8. The number of ether oxygens (including phenoxy) is 1. The summed E-state index contributed by atoms with van der Waals surface area (Å²) in [4.78, 5) is 0. The molecule has 30 heavy (non-hydrogen) atoms. The Kier molecular flexibility index (Phi) is 5.75. The van der Waals surface area contributed by atoms with Gasteiger partial charge < -0.3 is 4.74 Å². The third-order valence-corrected chi connectivity index (χ3v) is 5.08. The van der Waals surface area contributed by atoms with Crippen LogP contribution < -0.4 is 5.84 Å². The van der Waals surface area contributed by atoms with Crippen molar-refractivity contribution in [3.05, 3.63) is 75.6 Å². The van der Waals surface area contributed by atoms with Gasteiger partial charge in [0.2, 0.25) is 5.88 Å². The Morgan fingerprint density at radius 3 is 2.43 bits per heavy atom. The van der Waals surface area contributed by atoms with Crippen molar-refractivity contribution in [3.63, 3.8) is 0 Å². The molecule has 0 atom stereocenters. The van der Waals surface area contributed by atoms with Crippen LogP contribution in [-0.4, -0.2) is 14.8 Å². The van der Waals surface area contributed by atoms with E-state index in [0.717, 1.165) is 17.2 Å². The monoisotopic (exact) mass is 438 g/mol. The van der Waals surface area contributed by atoms with Crippen molar-refractivity contribution >= 4 is 23.0 Å². The van der Waals surface area contributed by atoms with Crippen LogP contribution in [0, 0.1) is 13.8 Å². The van der Waals surface area contributed by atoms with Gasteiger partial charge in [0.1, 0.15) is 17.2 Å². The Balaban J connectivity index is 2.17. The molecular formula is C21H22ClF3N4O. The second kappa shape index (κ2) is 7.85. The molecule has 0 saturated heterocycles. The molecule has 5 nitrogen and oxygen atoms in total. The number of alkyl halides is 3. The van der Waals surface area contributed by atoms with Gasteiger partial charge >= 0.3 is 6.18 Å². The highest BCUT2D eigenvalue weighted by atomic mass is 35.5. The van der Waals surface area contributed by atoms with Gasteiger partial charge in [-0.3, -0.25) is 0 Å². The zero-order chi connectivity index (χ0) is 22.4. The van der Waals surface area contributed by atoms with Gasteiger partial charge in [-0.05, 0) is 56.5 Å². The first-order chi connectivity index (χ1) is 14.0. The van der Waals surface area contributed by atoms with E-state index < -0.39 is 11.9 Å². The largest absolute Gasteiger partial charge is 0.440 e. The lowest BCUT2D eigenvalue weighted by Crippen LogP contribution is -2.28. The van der Waals surface area contributed by atoms with Crippen LogP contribution in [0.2, 0.25) is 5.02 Å². The summed E-state index contributed by atoms with van der Waals surface area (Å²) in [7, 11) is 0. The summed E-state index contributed by atoms with van der Waals surface area (Å²) in [6, 6.07) is 6.33. The number of nitrogens with zero attached hydrogens (tertiary/aromatic N) is 3. The molecule has 0 bridgehead atoms. The Labute approximate surface area is 177 Å². The van der Waals surface area contributed by atoms with Crippen molar-refractivity contribution in [1.82, 2.24) is 14.8 Å². The lowest BCUT2D eigenvalue weighted by atomic mass is 10.0. The first-order valence-electron chi connectivity index (χ1n) is 9.22. The SMILES string of the molecule is C=C(CC)/C(=C1/OC(C)=C(c2ccc(Cl)cc2C)N1N)n1nc(C(F)(F)F)cc1C. The highest BCUT2D eigenvalue weighted by Gasteiger charge is 2.37. The van der Waals surface area contributed by atoms with Crippen LogP contribution in [0.4, 0.5) is 13.2 Å². The average molecular weight is 439 g/mol. The van der Waals surface area contributed by atoms with Crippen LogP contribution in [0.25, 0.3) is 11.4 Å². The highest BCUT2D eigenvalue weighted by Crippen LogP contribution is 2.39. The van der Waals surface area contributed by atoms with Gasteiger partial charge in [-0.25, -0.2) is 15.5 Å². The van der Waals surface area contributed by atoms with Crippen LogP contribution in [0.15, 0.2) is 48.1 Å². The summed E-state index contributed by atoms with van der Waals surface area (Å²) in [5.41, 5.74) is 2.34. The molecular weight excluding hydrogens is 417 g/mol. The van der Waals surface area contributed by atoms with Crippen LogP contribution >= 0.6 is 11.6 Å². The van der Waals surface area contributed by atoms with Crippen LogP contribution in [0.3, 0.4) is 0 Å². The number of aromatic nitrogens is 2. The van der Waals surface area contributed by atoms with Crippen molar-refractivity contribution in [2.24, 2.45) is 5.84 Å². The molecule has 0 fully saturated rings. The van der Waals surface area contributed by atoms with Gasteiger partial charge in [0.05, 0.1) is 0 Å². The summed E-state index contributed by atoms with van der Waals surface area (Å²) >= 11 is 6.06. The summed E-state index contributed by atoms with van der Waals surface area (Å²) in [6.45, 7) is 11.0. The maximum atomic E-state index is 13.2. The van der Waals surface area contributed by atoms with E-state index in [4.69, 9.17) is 22.2 Å². The van der Waals surface area contributed by atoms with Crippen LogP contribution in [-0.2, 0) is 10.9 Å².